The van der Waals surface area contributed by atoms with E-state index in [2.05, 4.69) is 49.3 Å². The molecule has 1 aliphatic rings. The molecule has 0 saturated heterocycles. The molecule has 0 amide bonds. The zero-order valence-electron chi connectivity index (χ0n) is 13.1. The second-order valence-corrected chi connectivity index (χ2v) is 5.44. The first kappa shape index (κ1) is 15.1. The van der Waals surface area contributed by atoms with Crippen molar-refractivity contribution in [2.24, 2.45) is 0 Å². The number of dihydropyridines is 1. The first-order valence-corrected chi connectivity index (χ1v) is 7.28. The second-order valence-electron chi connectivity index (χ2n) is 5.44. The number of aromatic nitrogens is 1. The number of nitriles is 1. The molecule has 21 heavy (non-hydrogen) atoms. The number of rotatable bonds is 3. The van der Waals surface area contributed by atoms with E-state index in [1.165, 1.54) is 5.57 Å². The second kappa shape index (κ2) is 6.41. The first-order valence-electron chi connectivity index (χ1n) is 7.28. The summed E-state index contributed by atoms with van der Waals surface area (Å²) in [6.45, 7) is 8.39. The summed E-state index contributed by atoms with van der Waals surface area (Å²) in [5.41, 5.74) is 6.30. The Kier molecular flexibility index (Phi) is 4.59. The van der Waals surface area contributed by atoms with Crippen molar-refractivity contribution < 1.29 is 0 Å². The van der Waals surface area contributed by atoms with Crippen LogP contribution in [-0.2, 0) is 0 Å². The molecule has 0 aliphatic carbocycles. The maximum absolute atomic E-state index is 9.12. The molecule has 0 saturated carbocycles. The Morgan fingerprint density at radius 2 is 2.29 bits per heavy atom. The number of nitrogens with one attached hydrogen (secondary N) is 1. The predicted molar refractivity (Wildman–Crippen MR) is 87.2 cm³/mol. The van der Waals surface area contributed by atoms with Gasteiger partial charge in [-0.1, -0.05) is 18.6 Å². The maximum atomic E-state index is 9.12. The van der Waals surface area contributed by atoms with Crippen molar-refractivity contribution in [1.29, 1.82) is 5.26 Å². The summed E-state index contributed by atoms with van der Waals surface area (Å²) in [6.07, 6.45) is 9.04. The summed E-state index contributed by atoms with van der Waals surface area (Å²) in [5, 5.41) is 12.3. The van der Waals surface area contributed by atoms with E-state index >= 15 is 0 Å². The molecule has 108 valence electrons. The van der Waals surface area contributed by atoms with Crippen LogP contribution in [0.2, 0.25) is 0 Å². The van der Waals surface area contributed by atoms with Gasteiger partial charge in [-0.3, -0.25) is 4.98 Å². The smallest absolute Gasteiger partial charge is 0.117 e. The van der Waals surface area contributed by atoms with Crippen LogP contribution in [0.15, 0.2) is 35.7 Å². The van der Waals surface area contributed by atoms with Crippen LogP contribution in [0.5, 0.6) is 0 Å². The fourth-order valence-corrected chi connectivity index (χ4v) is 2.38. The molecule has 0 radical (unpaired) electrons. The average molecular weight is 279 g/mol. The van der Waals surface area contributed by atoms with Crippen molar-refractivity contribution in [3.63, 3.8) is 0 Å². The van der Waals surface area contributed by atoms with E-state index in [-0.39, 0.29) is 6.04 Å². The molecule has 3 nitrogen and oxygen atoms in total. The van der Waals surface area contributed by atoms with Gasteiger partial charge in [-0.15, -0.1) is 0 Å². The van der Waals surface area contributed by atoms with Crippen molar-refractivity contribution in [2.75, 3.05) is 0 Å². The van der Waals surface area contributed by atoms with Gasteiger partial charge in [-0.25, -0.2) is 0 Å². The molecule has 1 aliphatic heterocycles. The summed E-state index contributed by atoms with van der Waals surface area (Å²) in [4.78, 5) is 4.47. The van der Waals surface area contributed by atoms with Crippen molar-refractivity contribution in [1.82, 2.24) is 10.3 Å². The van der Waals surface area contributed by atoms with E-state index in [4.69, 9.17) is 5.26 Å². The minimum Gasteiger partial charge on any atom is -0.371 e. The highest BCUT2D eigenvalue weighted by Crippen LogP contribution is 2.26. The minimum atomic E-state index is 0.156. The van der Waals surface area contributed by atoms with Crippen molar-refractivity contribution in [2.45, 2.75) is 40.2 Å². The number of allylic oxidation sites excluding steroid dienone is 4. The lowest BCUT2D eigenvalue weighted by Crippen LogP contribution is -2.25. The molecule has 0 bridgehead atoms. The van der Waals surface area contributed by atoms with Gasteiger partial charge in [0.2, 0.25) is 0 Å². The molecule has 3 heteroatoms. The van der Waals surface area contributed by atoms with Gasteiger partial charge in [0.1, 0.15) is 11.8 Å². The third kappa shape index (κ3) is 3.41. The molecule has 0 spiro atoms. The summed E-state index contributed by atoms with van der Waals surface area (Å²) >= 11 is 0. The Hall–Kier alpha value is -2.34. The Labute approximate surface area is 126 Å². The zero-order valence-corrected chi connectivity index (χ0v) is 13.1. The van der Waals surface area contributed by atoms with E-state index in [1.54, 1.807) is 0 Å². The summed E-state index contributed by atoms with van der Waals surface area (Å²) in [5.74, 6) is 0. The average Bonchev–Trinajstić information content (AvgIpc) is 2.48. The highest BCUT2D eigenvalue weighted by Gasteiger charge is 2.14. The molecule has 1 atom stereocenters. The number of pyridine rings is 1. The number of nitrogens with zero attached hydrogens (tertiary/aromatic N) is 2. The Bertz CT molecular complexity index is 672. The van der Waals surface area contributed by atoms with Gasteiger partial charge in [-0.2, -0.15) is 5.26 Å². The fourth-order valence-electron chi connectivity index (χ4n) is 2.38. The molecule has 1 N–H and O–H groups in total. The molecule has 0 fully saturated rings. The lowest BCUT2D eigenvalue weighted by Gasteiger charge is -2.19. The van der Waals surface area contributed by atoms with Gasteiger partial charge in [0.15, 0.2) is 0 Å². The quantitative estimate of drug-likeness (QED) is 0.910. The van der Waals surface area contributed by atoms with Gasteiger partial charge in [0, 0.05) is 12.2 Å². The van der Waals surface area contributed by atoms with Gasteiger partial charge < -0.3 is 5.32 Å². The van der Waals surface area contributed by atoms with Crippen LogP contribution < -0.4 is 5.32 Å². The fraction of sp³-hybridized carbons (Fsp3) is 0.333. The number of hydrogen-bond acceptors (Lipinski definition) is 3. The van der Waals surface area contributed by atoms with Gasteiger partial charge in [-0.05, 0) is 62.1 Å². The van der Waals surface area contributed by atoms with Crippen LogP contribution in [-0.4, -0.2) is 11.0 Å². The number of hydrogen-bond donors (Lipinski definition) is 1. The van der Waals surface area contributed by atoms with Crippen LogP contribution in [0.4, 0.5) is 0 Å². The highest BCUT2D eigenvalue weighted by atomic mass is 14.9. The summed E-state index contributed by atoms with van der Waals surface area (Å²) in [7, 11) is 0. The first-order chi connectivity index (χ1) is 10.0. The SMILES string of the molecule is CC/C(C)=C/c1nccc(C2=CC(C)NC(C#N)=C2)c1C. The molecule has 2 rings (SSSR count). The van der Waals surface area contributed by atoms with Crippen molar-refractivity contribution >= 4 is 11.6 Å². The zero-order chi connectivity index (χ0) is 15.4. The third-order valence-electron chi connectivity index (χ3n) is 3.73. The monoisotopic (exact) mass is 279 g/mol. The lowest BCUT2D eigenvalue weighted by molar-refractivity contribution is 0.739. The molecular formula is C18H21N3. The third-order valence-corrected chi connectivity index (χ3v) is 3.73. The minimum absolute atomic E-state index is 0.156. The molecular weight excluding hydrogens is 258 g/mol. The summed E-state index contributed by atoms with van der Waals surface area (Å²) < 4.78 is 0. The molecule has 1 unspecified atom stereocenters. The van der Waals surface area contributed by atoms with E-state index in [0.29, 0.717) is 5.70 Å². The van der Waals surface area contributed by atoms with Crippen LogP contribution in [0, 0.1) is 18.3 Å². The Balaban J connectivity index is 2.49. The molecule has 1 aromatic rings. The largest absolute Gasteiger partial charge is 0.371 e. The van der Waals surface area contributed by atoms with E-state index in [1.807, 2.05) is 25.3 Å². The van der Waals surface area contributed by atoms with Gasteiger partial charge in [0.05, 0.1) is 5.69 Å². The molecule has 1 aromatic heterocycles. The van der Waals surface area contributed by atoms with Crippen LogP contribution in [0.25, 0.3) is 11.6 Å². The van der Waals surface area contributed by atoms with Crippen molar-refractivity contribution in [3.8, 4) is 6.07 Å². The van der Waals surface area contributed by atoms with Crippen molar-refractivity contribution in [3.05, 3.63) is 52.5 Å². The van der Waals surface area contributed by atoms with E-state index in [0.717, 1.165) is 28.8 Å². The predicted octanol–water partition coefficient (Wildman–Crippen LogP) is 3.99. The standard InChI is InChI=1S/C18H21N3/c1-5-12(2)8-18-14(4)17(6-7-20-18)15-9-13(3)21-16(10-15)11-19/h6-10,13,21H,5H2,1-4H3/b12-8+. The van der Waals surface area contributed by atoms with Crippen LogP contribution in [0.3, 0.4) is 0 Å². The van der Waals surface area contributed by atoms with E-state index in [9.17, 15) is 0 Å². The Morgan fingerprint density at radius 3 is 2.95 bits per heavy atom. The highest BCUT2D eigenvalue weighted by molar-refractivity contribution is 5.80. The normalized spacial score (nSPS) is 18.4. The summed E-state index contributed by atoms with van der Waals surface area (Å²) in [6, 6.07) is 4.36. The van der Waals surface area contributed by atoms with Gasteiger partial charge in [0.25, 0.3) is 0 Å². The Morgan fingerprint density at radius 1 is 1.52 bits per heavy atom. The van der Waals surface area contributed by atoms with Crippen LogP contribution in [0.1, 0.15) is 44.0 Å². The van der Waals surface area contributed by atoms with Crippen LogP contribution >= 0.6 is 0 Å². The topological polar surface area (TPSA) is 48.7 Å². The molecule has 0 aromatic carbocycles. The van der Waals surface area contributed by atoms with Gasteiger partial charge >= 0.3 is 0 Å². The maximum Gasteiger partial charge on any atom is 0.117 e. The van der Waals surface area contributed by atoms with E-state index < -0.39 is 0 Å². The lowest BCUT2D eigenvalue weighted by atomic mass is 9.95. The molecule has 2 heterocycles.